The van der Waals surface area contributed by atoms with Crippen LogP contribution in [0.15, 0.2) is 60.7 Å². The summed E-state index contributed by atoms with van der Waals surface area (Å²) in [6.07, 6.45) is 2.36. The van der Waals surface area contributed by atoms with Crippen LogP contribution in [0.3, 0.4) is 0 Å². The van der Waals surface area contributed by atoms with E-state index in [2.05, 4.69) is 108 Å². The maximum Gasteiger partial charge on any atom is 0.0767 e. The topological polar surface area (TPSA) is 0 Å². The summed E-state index contributed by atoms with van der Waals surface area (Å²) in [6.45, 7) is 13.8. The highest BCUT2D eigenvalue weighted by Crippen LogP contribution is 2.47. The smallest absolute Gasteiger partial charge is 0.0767 e. The average Bonchev–Trinajstić information content (AvgIpc) is 2.51. The van der Waals surface area contributed by atoms with Crippen LogP contribution in [0.1, 0.15) is 52.7 Å². The summed E-state index contributed by atoms with van der Waals surface area (Å²) in [4.78, 5) is 0. The third-order valence-corrected chi connectivity index (χ3v) is 6.33. The van der Waals surface area contributed by atoms with E-state index in [9.17, 15) is 0 Å². The fourth-order valence-corrected chi connectivity index (χ4v) is 6.31. The first-order chi connectivity index (χ1) is 11.6. The van der Waals surface area contributed by atoms with Crippen molar-refractivity contribution in [2.75, 3.05) is 0 Å². The zero-order chi connectivity index (χ0) is 18.5. The molecule has 2 heteroatoms. The van der Waals surface area contributed by atoms with Crippen LogP contribution in [0.2, 0.25) is 0 Å². The van der Waals surface area contributed by atoms with Crippen LogP contribution < -0.4 is 0 Å². The Morgan fingerprint density at radius 3 is 1.60 bits per heavy atom. The van der Waals surface area contributed by atoms with Gasteiger partial charge in [-0.05, 0) is 22.8 Å². The van der Waals surface area contributed by atoms with Gasteiger partial charge in [-0.3, -0.25) is 0 Å². The fraction of sp³-hybridized carbons (Fsp3) is 0.391. The van der Waals surface area contributed by atoms with Crippen LogP contribution >= 0.6 is 23.5 Å². The van der Waals surface area contributed by atoms with Crippen molar-refractivity contribution in [3.63, 3.8) is 0 Å². The van der Waals surface area contributed by atoms with Gasteiger partial charge in [0.15, 0.2) is 0 Å². The Hall–Kier alpha value is -1.12. The molecule has 0 spiro atoms. The minimum absolute atomic E-state index is 0.202. The maximum absolute atomic E-state index is 2.36. The second-order valence-corrected chi connectivity index (χ2v) is 12.3. The van der Waals surface area contributed by atoms with E-state index in [-0.39, 0.29) is 9.49 Å². The molecule has 0 aliphatic rings. The van der Waals surface area contributed by atoms with Crippen molar-refractivity contribution in [2.24, 2.45) is 0 Å². The minimum Gasteiger partial charge on any atom is -0.137 e. The van der Waals surface area contributed by atoms with Gasteiger partial charge in [-0.15, -0.1) is 23.5 Å². The van der Waals surface area contributed by atoms with Gasteiger partial charge in [0.05, 0.1) is 4.58 Å². The van der Waals surface area contributed by atoms with E-state index in [4.69, 9.17) is 0 Å². The summed E-state index contributed by atoms with van der Waals surface area (Å²) in [6, 6.07) is 21.5. The summed E-state index contributed by atoms with van der Waals surface area (Å²) in [5.74, 6) is 0. The Balaban J connectivity index is 2.51. The molecule has 0 radical (unpaired) electrons. The third-order valence-electron chi connectivity index (χ3n) is 3.40. The zero-order valence-electron chi connectivity index (χ0n) is 16.2. The van der Waals surface area contributed by atoms with Crippen LogP contribution in [0, 0.1) is 0 Å². The van der Waals surface area contributed by atoms with Crippen LogP contribution in [0.25, 0.3) is 11.6 Å². The number of hydrogen-bond donors (Lipinski definition) is 0. The van der Waals surface area contributed by atoms with Crippen LogP contribution in [0.5, 0.6) is 0 Å². The molecule has 0 saturated heterocycles. The van der Waals surface area contributed by atoms with Gasteiger partial charge in [0.25, 0.3) is 0 Å². The highest BCUT2D eigenvalue weighted by Gasteiger charge is 2.28. The molecule has 0 heterocycles. The lowest BCUT2D eigenvalue weighted by Crippen LogP contribution is -2.20. The molecular formula is C23H30S2. The molecule has 134 valence electrons. The highest BCUT2D eigenvalue weighted by molar-refractivity contribution is 8.18. The molecule has 0 unspecified atom stereocenters. The van der Waals surface area contributed by atoms with E-state index in [0.29, 0.717) is 4.58 Å². The van der Waals surface area contributed by atoms with E-state index in [1.807, 2.05) is 23.5 Å². The second-order valence-electron chi connectivity index (χ2n) is 8.17. The van der Waals surface area contributed by atoms with Gasteiger partial charge in [0.2, 0.25) is 0 Å². The first kappa shape index (κ1) is 20.2. The largest absolute Gasteiger partial charge is 0.137 e. The first-order valence-corrected chi connectivity index (χ1v) is 10.6. The lowest BCUT2D eigenvalue weighted by atomic mass is 10.0. The van der Waals surface area contributed by atoms with E-state index >= 15 is 0 Å². The normalized spacial score (nSPS) is 13.3. The molecule has 2 aromatic rings. The fourth-order valence-electron chi connectivity index (χ4n) is 2.44. The second kappa shape index (κ2) is 8.51. The highest BCUT2D eigenvalue weighted by atomic mass is 32.2. The standard InChI is InChI=1S/C23H30S2/c1-22(2,3)24-21(25-23(4,5)6)20(19-15-11-8-12-16-19)17-18-13-9-7-10-14-18/h7-17,21H,1-6H3/b20-17+. The van der Waals surface area contributed by atoms with Gasteiger partial charge in [0, 0.05) is 9.49 Å². The molecule has 0 saturated carbocycles. The zero-order valence-corrected chi connectivity index (χ0v) is 17.9. The van der Waals surface area contributed by atoms with Gasteiger partial charge >= 0.3 is 0 Å². The third kappa shape index (κ3) is 7.33. The summed E-state index contributed by atoms with van der Waals surface area (Å²) < 4.78 is 0.781. The monoisotopic (exact) mass is 370 g/mol. The quantitative estimate of drug-likeness (QED) is 0.392. The molecule has 0 aromatic heterocycles. The summed E-state index contributed by atoms with van der Waals surface area (Å²) in [7, 11) is 0. The predicted octanol–water partition coefficient (Wildman–Crippen LogP) is 7.62. The molecule has 2 rings (SSSR count). The lowest BCUT2D eigenvalue weighted by molar-refractivity contribution is 0.796. The number of hydrogen-bond acceptors (Lipinski definition) is 2. The van der Waals surface area contributed by atoms with Gasteiger partial charge in [-0.1, -0.05) is 102 Å². The first-order valence-electron chi connectivity index (χ1n) is 8.82. The van der Waals surface area contributed by atoms with Crippen molar-refractivity contribution in [3.05, 3.63) is 71.8 Å². The Labute approximate surface area is 162 Å². The van der Waals surface area contributed by atoms with Crippen LogP contribution in [-0.4, -0.2) is 14.1 Å². The van der Waals surface area contributed by atoms with Gasteiger partial charge < -0.3 is 0 Å². The Kier molecular flexibility index (Phi) is 6.87. The molecule has 0 N–H and O–H groups in total. The Morgan fingerprint density at radius 2 is 1.16 bits per heavy atom. The van der Waals surface area contributed by atoms with Crippen molar-refractivity contribution in [3.8, 4) is 0 Å². The van der Waals surface area contributed by atoms with Gasteiger partial charge in [0.1, 0.15) is 0 Å². The van der Waals surface area contributed by atoms with Crippen molar-refractivity contribution in [1.82, 2.24) is 0 Å². The minimum atomic E-state index is 0.202. The van der Waals surface area contributed by atoms with Crippen molar-refractivity contribution < 1.29 is 0 Å². The Morgan fingerprint density at radius 1 is 0.720 bits per heavy atom. The van der Waals surface area contributed by atoms with Crippen molar-refractivity contribution in [2.45, 2.75) is 55.6 Å². The molecule has 2 aromatic carbocycles. The molecular weight excluding hydrogens is 340 g/mol. The van der Waals surface area contributed by atoms with Crippen LogP contribution in [0.4, 0.5) is 0 Å². The average molecular weight is 371 g/mol. The van der Waals surface area contributed by atoms with Gasteiger partial charge in [-0.25, -0.2) is 0 Å². The molecule has 0 aliphatic carbocycles. The summed E-state index contributed by atoms with van der Waals surface area (Å²) in [5.41, 5.74) is 3.96. The number of benzene rings is 2. The molecule has 0 atom stereocenters. The maximum atomic E-state index is 2.36. The van der Waals surface area contributed by atoms with Crippen LogP contribution in [-0.2, 0) is 0 Å². The van der Waals surface area contributed by atoms with E-state index in [0.717, 1.165) is 0 Å². The molecule has 25 heavy (non-hydrogen) atoms. The summed E-state index contributed by atoms with van der Waals surface area (Å²) >= 11 is 4.09. The van der Waals surface area contributed by atoms with Crippen molar-refractivity contribution >= 4 is 35.2 Å². The molecule has 0 aliphatic heterocycles. The Bertz CT molecular complexity index is 658. The SMILES string of the molecule is CC(C)(C)SC(SC(C)(C)C)/C(=C/c1ccccc1)c1ccccc1. The van der Waals surface area contributed by atoms with E-state index in [1.54, 1.807) is 0 Å². The molecule has 0 fully saturated rings. The molecule has 0 nitrogen and oxygen atoms in total. The summed E-state index contributed by atoms with van der Waals surface area (Å²) in [5, 5.41) is 0. The molecule has 0 amide bonds. The lowest BCUT2D eigenvalue weighted by Gasteiger charge is -2.32. The van der Waals surface area contributed by atoms with E-state index in [1.165, 1.54) is 16.7 Å². The molecule has 0 bridgehead atoms. The number of thioether (sulfide) groups is 2. The predicted molar refractivity (Wildman–Crippen MR) is 119 cm³/mol. The number of rotatable bonds is 5. The van der Waals surface area contributed by atoms with Crippen molar-refractivity contribution in [1.29, 1.82) is 0 Å². The van der Waals surface area contributed by atoms with E-state index < -0.39 is 0 Å². The van der Waals surface area contributed by atoms with Gasteiger partial charge in [-0.2, -0.15) is 0 Å².